The zero-order valence-corrected chi connectivity index (χ0v) is 13.7. The van der Waals surface area contributed by atoms with Crippen LogP contribution in [-0.2, 0) is 19.1 Å². The topological polar surface area (TPSA) is 52.6 Å². The summed E-state index contributed by atoms with van der Waals surface area (Å²) in [5.41, 5.74) is 0.587. The van der Waals surface area contributed by atoms with E-state index in [-0.39, 0.29) is 0 Å². The third-order valence-electron chi connectivity index (χ3n) is 4.14. The molecule has 1 aliphatic rings. The highest BCUT2D eigenvalue weighted by molar-refractivity contribution is 7.90. The molecule has 0 amide bonds. The number of benzene rings is 1. The molecule has 4 nitrogen and oxygen atoms in total. The third-order valence-corrected chi connectivity index (χ3v) is 5.38. The van der Waals surface area contributed by atoms with Gasteiger partial charge in [0.25, 0.3) is 0 Å². The minimum absolute atomic E-state index is 0.324. The highest BCUT2D eigenvalue weighted by Gasteiger charge is 2.51. The second-order valence-electron chi connectivity index (χ2n) is 6.39. The first-order valence-electron chi connectivity index (χ1n) is 6.60. The Bertz CT molecular complexity index is 619. The Balaban J connectivity index is 2.42. The van der Waals surface area contributed by atoms with E-state index in [0.29, 0.717) is 4.90 Å². The maximum Gasteiger partial charge on any atom is 0.494 e. The Morgan fingerprint density at radius 2 is 1.55 bits per heavy atom. The van der Waals surface area contributed by atoms with Crippen LogP contribution in [-0.4, -0.2) is 33.0 Å². The van der Waals surface area contributed by atoms with Gasteiger partial charge in [-0.15, -0.1) is 0 Å². The molecule has 0 saturated carbocycles. The maximum atomic E-state index is 11.8. The second kappa shape index (κ2) is 4.58. The van der Waals surface area contributed by atoms with Crippen LogP contribution >= 0.6 is 0 Å². The Morgan fingerprint density at radius 1 is 1.05 bits per heavy atom. The summed E-state index contributed by atoms with van der Waals surface area (Å²) in [6.07, 6.45) is 1.21. The van der Waals surface area contributed by atoms with Gasteiger partial charge in [0, 0.05) is 6.26 Å². The molecule has 2 rings (SSSR count). The van der Waals surface area contributed by atoms with Crippen LogP contribution in [0.25, 0.3) is 0 Å². The summed E-state index contributed by atoms with van der Waals surface area (Å²) in [6, 6.07) is 5.29. The van der Waals surface area contributed by atoms with Gasteiger partial charge in [0.2, 0.25) is 0 Å². The summed E-state index contributed by atoms with van der Waals surface area (Å²) in [5.74, 6) is 0. The van der Waals surface area contributed by atoms with Gasteiger partial charge < -0.3 is 9.31 Å². The average Bonchev–Trinajstić information content (AvgIpc) is 2.47. The van der Waals surface area contributed by atoms with Gasteiger partial charge >= 0.3 is 7.12 Å². The Morgan fingerprint density at radius 3 is 2.00 bits per heavy atom. The number of hydrogen-bond donors (Lipinski definition) is 0. The predicted octanol–water partition coefficient (Wildman–Crippen LogP) is 1.70. The van der Waals surface area contributed by atoms with Crippen LogP contribution in [0, 0.1) is 6.92 Å². The fourth-order valence-corrected chi connectivity index (χ4v) is 3.14. The quantitative estimate of drug-likeness (QED) is 0.779. The Kier molecular flexibility index (Phi) is 3.56. The zero-order valence-electron chi connectivity index (χ0n) is 12.9. The smallest absolute Gasteiger partial charge is 0.399 e. The van der Waals surface area contributed by atoms with Crippen molar-refractivity contribution in [2.45, 2.75) is 50.7 Å². The van der Waals surface area contributed by atoms with E-state index in [2.05, 4.69) is 0 Å². The monoisotopic (exact) mass is 296 g/mol. The summed E-state index contributed by atoms with van der Waals surface area (Å²) in [4.78, 5) is 0.324. The van der Waals surface area contributed by atoms with E-state index in [1.54, 1.807) is 19.1 Å². The molecule has 1 saturated heterocycles. The molecule has 110 valence electrons. The normalized spacial score (nSPS) is 21.2. The Labute approximate surface area is 121 Å². The number of aryl methyl sites for hydroxylation is 1. The molecule has 0 atom stereocenters. The highest BCUT2D eigenvalue weighted by atomic mass is 32.2. The third kappa shape index (κ3) is 2.64. The molecule has 1 fully saturated rings. The largest absolute Gasteiger partial charge is 0.494 e. The molecule has 0 radical (unpaired) electrons. The van der Waals surface area contributed by atoms with Crippen molar-refractivity contribution in [3.05, 3.63) is 23.8 Å². The lowest BCUT2D eigenvalue weighted by Gasteiger charge is -2.32. The first kappa shape index (κ1) is 15.5. The van der Waals surface area contributed by atoms with Crippen LogP contribution in [0.5, 0.6) is 0 Å². The molecular formula is C14H21BO4S. The van der Waals surface area contributed by atoms with Gasteiger partial charge in [-0.05, 0) is 51.7 Å². The van der Waals surface area contributed by atoms with E-state index in [1.165, 1.54) is 6.26 Å². The van der Waals surface area contributed by atoms with E-state index in [4.69, 9.17) is 9.31 Å². The molecule has 0 unspecified atom stereocenters. The lowest BCUT2D eigenvalue weighted by Crippen LogP contribution is -2.41. The van der Waals surface area contributed by atoms with Crippen molar-refractivity contribution in [3.63, 3.8) is 0 Å². The number of rotatable bonds is 2. The molecule has 0 N–H and O–H groups in total. The highest BCUT2D eigenvalue weighted by Crippen LogP contribution is 2.36. The molecular weight excluding hydrogens is 275 g/mol. The van der Waals surface area contributed by atoms with Crippen LogP contribution in [0.4, 0.5) is 0 Å². The Hall–Kier alpha value is -0.845. The van der Waals surface area contributed by atoms with Crippen molar-refractivity contribution in [3.8, 4) is 0 Å². The van der Waals surface area contributed by atoms with Crippen LogP contribution in [0.1, 0.15) is 33.3 Å². The molecule has 0 aromatic heterocycles. The minimum Gasteiger partial charge on any atom is -0.399 e. The SMILES string of the molecule is Cc1ccc(B2OC(C)(C)C(C)(C)O2)cc1S(C)(=O)=O. The molecule has 0 spiro atoms. The number of sulfone groups is 1. The molecule has 0 bridgehead atoms. The summed E-state index contributed by atoms with van der Waals surface area (Å²) in [6.45, 7) is 9.67. The van der Waals surface area contributed by atoms with Gasteiger partial charge in [-0.2, -0.15) is 0 Å². The fraction of sp³-hybridized carbons (Fsp3) is 0.571. The standard InChI is InChI=1S/C14H21BO4S/c1-10-7-8-11(9-12(10)20(6,16)17)15-18-13(2,3)14(4,5)19-15/h7-9H,1-6H3. The molecule has 1 heterocycles. The summed E-state index contributed by atoms with van der Waals surface area (Å²) in [7, 11) is -3.79. The van der Waals surface area contributed by atoms with Gasteiger partial charge in [0.1, 0.15) is 0 Å². The van der Waals surface area contributed by atoms with Crippen molar-refractivity contribution < 1.29 is 17.7 Å². The first-order valence-corrected chi connectivity index (χ1v) is 8.49. The van der Waals surface area contributed by atoms with Crippen LogP contribution in [0.2, 0.25) is 0 Å². The van der Waals surface area contributed by atoms with Crippen molar-refractivity contribution >= 4 is 22.4 Å². The summed E-state index contributed by atoms with van der Waals surface area (Å²) >= 11 is 0. The van der Waals surface area contributed by atoms with Crippen LogP contribution in [0.15, 0.2) is 23.1 Å². The first-order chi connectivity index (χ1) is 8.94. The molecule has 1 aliphatic heterocycles. The molecule has 20 heavy (non-hydrogen) atoms. The van der Waals surface area contributed by atoms with Gasteiger partial charge in [-0.25, -0.2) is 8.42 Å². The molecule has 0 aliphatic carbocycles. The van der Waals surface area contributed by atoms with Gasteiger partial charge in [0.05, 0.1) is 16.1 Å². The van der Waals surface area contributed by atoms with Crippen molar-refractivity contribution in [2.75, 3.05) is 6.26 Å². The van der Waals surface area contributed by atoms with Crippen molar-refractivity contribution in [2.24, 2.45) is 0 Å². The lowest BCUT2D eigenvalue weighted by atomic mass is 9.79. The fourth-order valence-electron chi connectivity index (χ4n) is 2.14. The van der Waals surface area contributed by atoms with E-state index in [9.17, 15) is 8.42 Å². The van der Waals surface area contributed by atoms with E-state index < -0.39 is 28.2 Å². The van der Waals surface area contributed by atoms with Crippen LogP contribution in [0.3, 0.4) is 0 Å². The maximum absolute atomic E-state index is 11.8. The minimum atomic E-state index is -3.25. The van der Waals surface area contributed by atoms with Gasteiger partial charge in [-0.3, -0.25) is 0 Å². The molecule has 1 aromatic rings. The average molecular weight is 296 g/mol. The van der Waals surface area contributed by atoms with E-state index in [1.807, 2.05) is 33.8 Å². The zero-order chi connectivity index (χ0) is 15.3. The van der Waals surface area contributed by atoms with E-state index >= 15 is 0 Å². The lowest BCUT2D eigenvalue weighted by molar-refractivity contribution is 0.00578. The molecule has 6 heteroatoms. The van der Waals surface area contributed by atoms with Gasteiger partial charge in [0.15, 0.2) is 9.84 Å². The van der Waals surface area contributed by atoms with Crippen molar-refractivity contribution in [1.82, 2.24) is 0 Å². The van der Waals surface area contributed by atoms with Crippen molar-refractivity contribution in [1.29, 1.82) is 0 Å². The number of hydrogen-bond acceptors (Lipinski definition) is 4. The summed E-state index contributed by atoms with van der Waals surface area (Å²) < 4.78 is 35.5. The summed E-state index contributed by atoms with van der Waals surface area (Å²) in [5, 5.41) is 0. The van der Waals surface area contributed by atoms with Crippen LogP contribution < -0.4 is 5.46 Å². The molecule has 1 aromatic carbocycles. The predicted molar refractivity (Wildman–Crippen MR) is 80.0 cm³/mol. The van der Waals surface area contributed by atoms with E-state index in [0.717, 1.165) is 11.0 Å². The van der Waals surface area contributed by atoms with Gasteiger partial charge in [-0.1, -0.05) is 12.1 Å². The second-order valence-corrected chi connectivity index (χ2v) is 8.37.